The molecule has 1 aromatic carbocycles. The fourth-order valence-corrected chi connectivity index (χ4v) is 2.74. The zero-order valence-corrected chi connectivity index (χ0v) is 12.3. The number of hydrogen-bond donors (Lipinski definition) is 1. The van der Waals surface area contributed by atoms with Gasteiger partial charge in [-0.25, -0.2) is 4.39 Å². The molecule has 1 atom stereocenters. The highest BCUT2D eigenvalue weighted by molar-refractivity contribution is 7.09. The molecular formula is C14H16ClFN2S. The van der Waals surface area contributed by atoms with Crippen LogP contribution in [0.4, 0.5) is 4.39 Å². The summed E-state index contributed by atoms with van der Waals surface area (Å²) in [4.78, 5) is 5.20. The van der Waals surface area contributed by atoms with Crippen molar-refractivity contribution in [3.63, 3.8) is 0 Å². The predicted octanol–water partition coefficient (Wildman–Crippen LogP) is 4.22. The Kier molecular flexibility index (Phi) is 5.31. The van der Waals surface area contributed by atoms with E-state index in [2.05, 4.69) is 17.2 Å². The summed E-state index contributed by atoms with van der Waals surface area (Å²) in [5, 5.41) is 3.80. The first-order valence-electron chi connectivity index (χ1n) is 6.26. The van der Waals surface area contributed by atoms with Crippen LogP contribution in [-0.2, 0) is 6.42 Å². The smallest absolute Gasteiger partial charge is 0.129 e. The zero-order valence-electron chi connectivity index (χ0n) is 10.7. The molecule has 0 saturated carbocycles. The molecule has 0 radical (unpaired) electrons. The summed E-state index contributed by atoms with van der Waals surface area (Å²) in [6, 6.07) is 4.81. The molecule has 0 amide bonds. The summed E-state index contributed by atoms with van der Waals surface area (Å²) in [7, 11) is 0. The molecule has 0 aliphatic carbocycles. The van der Waals surface area contributed by atoms with E-state index in [1.165, 1.54) is 6.07 Å². The molecular weight excluding hydrogens is 283 g/mol. The fourth-order valence-electron chi connectivity index (χ4n) is 1.94. The van der Waals surface area contributed by atoms with Crippen molar-refractivity contribution in [3.05, 3.63) is 51.2 Å². The quantitative estimate of drug-likeness (QED) is 0.864. The van der Waals surface area contributed by atoms with Gasteiger partial charge in [0.1, 0.15) is 5.82 Å². The highest BCUT2D eigenvalue weighted by Gasteiger charge is 2.16. The summed E-state index contributed by atoms with van der Waals surface area (Å²) in [6.07, 6.45) is 3.58. The van der Waals surface area contributed by atoms with Crippen molar-refractivity contribution in [1.82, 2.24) is 10.3 Å². The largest absolute Gasteiger partial charge is 0.310 e. The topological polar surface area (TPSA) is 24.9 Å². The van der Waals surface area contributed by atoms with Crippen molar-refractivity contribution in [2.45, 2.75) is 25.8 Å². The van der Waals surface area contributed by atoms with Crippen LogP contribution in [0.5, 0.6) is 0 Å². The number of nitrogens with zero attached hydrogens (tertiary/aromatic N) is 1. The van der Waals surface area contributed by atoms with Crippen LogP contribution >= 0.6 is 22.9 Å². The van der Waals surface area contributed by atoms with E-state index in [0.717, 1.165) is 24.3 Å². The molecule has 1 unspecified atom stereocenters. The van der Waals surface area contributed by atoms with Crippen molar-refractivity contribution >= 4 is 22.9 Å². The summed E-state index contributed by atoms with van der Waals surface area (Å²) >= 11 is 7.39. The molecule has 2 rings (SSSR count). The Labute approximate surface area is 121 Å². The Morgan fingerprint density at radius 1 is 1.47 bits per heavy atom. The van der Waals surface area contributed by atoms with Gasteiger partial charge in [0.25, 0.3) is 0 Å². The van der Waals surface area contributed by atoms with Crippen molar-refractivity contribution in [1.29, 1.82) is 0 Å². The average Bonchev–Trinajstić information content (AvgIpc) is 2.88. The van der Waals surface area contributed by atoms with Crippen molar-refractivity contribution in [3.8, 4) is 0 Å². The third-order valence-corrected chi connectivity index (χ3v) is 3.90. The third kappa shape index (κ3) is 4.00. The van der Waals surface area contributed by atoms with E-state index in [9.17, 15) is 4.39 Å². The van der Waals surface area contributed by atoms with Crippen LogP contribution in [0.15, 0.2) is 29.9 Å². The van der Waals surface area contributed by atoms with Gasteiger partial charge in [-0.2, -0.15) is 0 Å². The molecule has 0 aliphatic heterocycles. The second-order valence-electron chi connectivity index (χ2n) is 4.34. The van der Waals surface area contributed by atoms with Gasteiger partial charge >= 0.3 is 0 Å². The maximum Gasteiger partial charge on any atom is 0.129 e. The Bertz CT molecular complexity index is 516. The maximum atomic E-state index is 14.0. The highest BCUT2D eigenvalue weighted by atomic mass is 35.5. The lowest BCUT2D eigenvalue weighted by atomic mass is 10.0. The predicted molar refractivity (Wildman–Crippen MR) is 78.3 cm³/mol. The van der Waals surface area contributed by atoms with Gasteiger partial charge < -0.3 is 5.32 Å². The van der Waals surface area contributed by atoms with Gasteiger partial charge in [0.05, 0.1) is 5.51 Å². The molecule has 102 valence electrons. The maximum absolute atomic E-state index is 14.0. The summed E-state index contributed by atoms with van der Waals surface area (Å²) in [5.41, 5.74) is 2.45. The van der Waals surface area contributed by atoms with Gasteiger partial charge in [-0.3, -0.25) is 4.98 Å². The van der Waals surface area contributed by atoms with E-state index in [1.807, 2.05) is 6.20 Å². The minimum absolute atomic E-state index is 0.0438. The second-order valence-corrected chi connectivity index (χ2v) is 5.75. The van der Waals surface area contributed by atoms with E-state index in [-0.39, 0.29) is 11.9 Å². The molecule has 1 heterocycles. The first-order valence-corrected chi connectivity index (χ1v) is 7.52. The molecule has 0 fully saturated rings. The lowest BCUT2D eigenvalue weighted by Crippen LogP contribution is -2.24. The van der Waals surface area contributed by atoms with E-state index >= 15 is 0 Å². The molecule has 2 aromatic rings. The number of hydrogen-bond acceptors (Lipinski definition) is 3. The van der Waals surface area contributed by atoms with Crippen LogP contribution in [0, 0.1) is 5.82 Å². The fraction of sp³-hybridized carbons (Fsp3) is 0.357. The van der Waals surface area contributed by atoms with Crippen molar-refractivity contribution in [2.75, 3.05) is 6.54 Å². The molecule has 2 nitrogen and oxygen atoms in total. The molecule has 0 spiro atoms. The number of rotatable bonds is 6. The SMILES string of the molecule is CCCNC(Cc1cncs1)c1ccc(Cl)cc1F. The van der Waals surface area contributed by atoms with Gasteiger partial charge in [-0.05, 0) is 25.1 Å². The summed E-state index contributed by atoms with van der Waals surface area (Å²) < 4.78 is 14.0. The minimum atomic E-state index is -0.259. The minimum Gasteiger partial charge on any atom is -0.310 e. The van der Waals surface area contributed by atoms with Crippen LogP contribution in [0.3, 0.4) is 0 Å². The normalized spacial score (nSPS) is 12.6. The molecule has 19 heavy (non-hydrogen) atoms. The van der Waals surface area contributed by atoms with Crippen LogP contribution in [0.25, 0.3) is 0 Å². The second kappa shape index (κ2) is 6.98. The van der Waals surface area contributed by atoms with E-state index in [1.54, 1.807) is 29.0 Å². The van der Waals surface area contributed by atoms with Crippen LogP contribution < -0.4 is 5.32 Å². The number of benzene rings is 1. The van der Waals surface area contributed by atoms with E-state index in [0.29, 0.717) is 10.6 Å². The first kappa shape index (κ1) is 14.4. The van der Waals surface area contributed by atoms with Crippen LogP contribution in [-0.4, -0.2) is 11.5 Å². The van der Waals surface area contributed by atoms with Gasteiger partial charge in [-0.15, -0.1) is 11.3 Å². The van der Waals surface area contributed by atoms with Crippen LogP contribution in [0.1, 0.15) is 29.8 Å². The Morgan fingerprint density at radius 3 is 2.95 bits per heavy atom. The Morgan fingerprint density at radius 2 is 2.32 bits per heavy atom. The lowest BCUT2D eigenvalue weighted by Gasteiger charge is -2.19. The van der Waals surface area contributed by atoms with Crippen LogP contribution in [0.2, 0.25) is 5.02 Å². The summed E-state index contributed by atoms with van der Waals surface area (Å²) in [5.74, 6) is -0.259. The monoisotopic (exact) mass is 298 g/mol. The van der Waals surface area contributed by atoms with E-state index in [4.69, 9.17) is 11.6 Å². The number of aromatic nitrogens is 1. The standard InChI is InChI=1S/C14H16ClFN2S/c1-2-5-18-14(7-11-8-17-9-19-11)12-4-3-10(15)6-13(12)16/h3-4,6,8-9,14,18H,2,5,7H2,1H3. The number of nitrogens with one attached hydrogen (secondary N) is 1. The molecule has 0 bridgehead atoms. The zero-order chi connectivity index (χ0) is 13.7. The van der Waals surface area contributed by atoms with Gasteiger partial charge in [0.2, 0.25) is 0 Å². The Hall–Kier alpha value is -0.970. The van der Waals surface area contributed by atoms with Gasteiger partial charge in [0.15, 0.2) is 0 Å². The molecule has 0 saturated heterocycles. The van der Waals surface area contributed by atoms with Gasteiger partial charge in [-0.1, -0.05) is 24.6 Å². The van der Waals surface area contributed by atoms with Crippen molar-refractivity contribution < 1.29 is 4.39 Å². The third-order valence-electron chi connectivity index (χ3n) is 2.87. The first-order chi connectivity index (χ1) is 9.20. The molecule has 1 aromatic heterocycles. The molecule has 0 aliphatic rings. The Balaban J connectivity index is 2.20. The molecule has 5 heteroatoms. The van der Waals surface area contributed by atoms with Gasteiger partial charge in [0, 0.05) is 34.1 Å². The van der Waals surface area contributed by atoms with E-state index < -0.39 is 0 Å². The number of halogens is 2. The lowest BCUT2D eigenvalue weighted by molar-refractivity contribution is 0.499. The van der Waals surface area contributed by atoms with Crippen molar-refractivity contribution in [2.24, 2.45) is 0 Å². The average molecular weight is 299 g/mol. The number of thiazole rings is 1. The molecule has 1 N–H and O–H groups in total. The summed E-state index contributed by atoms with van der Waals surface area (Å²) in [6.45, 7) is 2.94. The highest BCUT2D eigenvalue weighted by Crippen LogP contribution is 2.25.